The van der Waals surface area contributed by atoms with Crippen molar-refractivity contribution in [3.8, 4) is 0 Å². The highest BCUT2D eigenvalue weighted by molar-refractivity contribution is 5.26. The van der Waals surface area contributed by atoms with E-state index in [9.17, 15) is 0 Å². The third kappa shape index (κ3) is 1.70. The first-order chi connectivity index (χ1) is 6.68. The first-order valence-electron chi connectivity index (χ1n) is 5.75. The van der Waals surface area contributed by atoms with Crippen LogP contribution >= 0.6 is 0 Å². The smallest absolute Gasteiger partial charge is 0.0134 e. The maximum absolute atomic E-state index is 2.41. The second-order valence-electron chi connectivity index (χ2n) is 4.93. The fraction of sp³-hybridized carbons (Fsp3) is 0.571. The van der Waals surface area contributed by atoms with Gasteiger partial charge in [-0.05, 0) is 43.1 Å². The Bertz CT molecular complexity index is 314. The molecule has 1 fully saturated rings. The first kappa shape index (κ1) is 9.76. The number of hydrogen-bond donors (Lipinski definition) is 0. The molecule has 1 aromatic rings. The summed E-state index contributed by atoms with van der Waals surface area (Å²) in [5.74, 6) is 2.57. The molecule has 0 heteroatoms. The van der Waals surface area contributed by atoms with E-state index in [1.165, 1.54) is 18.4 Å². The monoisotopic (exact) mass is 188 g/mol. The van der Waals surface area contributed by atoms with E-state index in [4.69, 9.17) is 0 Å². The van der Waals surface area contributed by atoms with Crippen molar-refractivity contribution in [2.45, 2.75) is 39.5 Å². The molecule has 1 aliphatic carbocycles. The molecule has 0 bridgehead atoms. The lowest BCUT2D eigenvalue weighted by Crippen LogP contribution is -2.07. The molecule has 0 amide bonds. The Labute approximate surface area is 87.3 Å². The molecule has 0 aromatic heterocycles. The zero-order chi connectivity index (χ0) is 10.1. The van der Waals surface area contributed by atoms with Crippen LogP contribution in [0.15, 0.2) is 24.3 Å². The Hall–Kier alpha value is -0.780. The molecule has 3 atom stereocenters. The average molecular weight is 188 g/mol. The van der Waals surface area contributed by atoms with Crippen LogP contribution in [0.1, 0.15) is 43.7 Å². The van der Waals surface area contributed by atoms with E-state index < -0.39 is 0 Å². The highest BCUT2D eigenvalue weighted by atomic mass is 14.3. The highest BCUT2D eigenvalue weighted by Crippen LogP contribution is 2.42. The molecule has 0 saturated heterocycles. The van der Waals surface area contributed by atoms with E-state index >= 15 is 0 Å². The average Bonchev–Trinajstić information content (AvgIpc) is 2.48. The second-order valence-corrected chi connectivity index (χ2v) is 4.93. The minimum atomic E-state index is 0.810. The molecule has 0 radical (unpaired) electrons. The molecule has 0 aliphatic heterocycles. The van der Waals surface area contributed by atoms with Crippen LogP contribution in [0, 0.1) is 18.8 Å². The van der Waals surface area contributed by atoms with E-state index in [0.717, 1.165) is 17.8 Å². The molecule has 1 aromatic carbocycles. The fourth-order valence-electron chi connectivity index (χ4n) is 2.74. The van der Waals surface area contributed by atoms with E-state index in [2.05, 4.69) is 45.0 Å². The van der Waals surface area contributed by atoms with Crippen LogP contribution in [0.25, 0.3) is 0 Å². The Balaban J connectivity index is 2.23. The van der Waals surface area contributed by atoms with E-state index in [1.807, 2.05) is 0 Å². The molecule has 0 N–H and O–H groups in total. The third-order valence-corrected chi connectivity index (χ3v) is 3.94. The zero-order valence-corrected chi connectivity index (χ0v) is 9.46. The lowest BCUT2D eigenvalue weighted by molar-refractivity contribution is 0.423. The number of benzene rings is 1. The van der Waals surface area contributed by atoms with Crippen LogP contribution < -0.4 is 0 Å². The van der Waals surface area contributed by atoms with Gasteiger partial charge in [0, 0.05) is 0 Å². The van der Waals surface area contributed by atoms with Crippen LogP contribution in [-0.4, -0.2) is 0 Å². The van der Waals surface area contributed by atoms with Crippen molar-refractivity contribution in [3.63, 3.8) is 0 Å². The van der Waals surface area contributed by atoms with Crippen molar-refractivity contribution in [1.29, 1.82) is 0 Å². The predicted octanol–water partition coefficient (Wildman–Crippen LogP) is 4.14. The molecule has 2 rings (SSSR count). The van der Waals surface area contributed by atoms with Gasteiger partial charge < -0.3 is 0 Å². The predicted molar refractivity (Wildman–Crippen MR) is 61.5 cm³/mol. The van der Waals surface area contributed by atoms with Crippen LogP contribution in [0.2, 0.25) is 0 Å². The summed E-state index contributed by atoms with van der Waals surface area (Å²) in [7, 11) is 0. The van der Waals surface area contributed by atoms with Gasteiger partial charge in [0.25, 0.3) is 0 Å². The molecule has 76 valence electrons. The Morgan fingerprint density at radius 2 is 1.93 bits per heavy atom. The molecule has 1 aliphatic rings. The minimum absolute atomic E-state index is 0.810. The highest BCUT2D eigenvalue weighted by Gasteiger charge is 2.30. The molecule has 0 nitrogen and oxygen atoms in total. The summed E-state index contributed by atoms with van der Waals surface area (Å²) in [6.45, 7) is 6.98. The topological polar surface area (TPSA) is 0 Å². The van der Waals surface area contributed by atoms with Gasteiger partial charge in [-0.25, -0.2) is 0 Å². The minimum Gasteiger partial charge on any atom is -0.0622 e. The largest absolute Gasteiger partial charge is 0.0622 e. The number of aryl methyl sites for hydroxylation is 1. The van der Waals surface area contributed by atoms with Gasteiger partial charge in [-0.1, -0.05) is 43.7 Å². The Morgan fingerprint density at radius 3 is 2.50 bits per heavy atom. The summed E-state index contributed by atoms with van der Waals surface area (Å²) >= 11 is 0. The lowest BCUT2D eigenvalue weighted by Gasteiger charge is -2.18. The van der Waals surface area contributed by atoms with Gasteiger partial charge in [-0.15, -0.1) is 0 Å². The van der Waals surface area contributed by atoms with E-state index in [1.54, 1.807) is 5.56 Å². The quantitative estimate of drug-likeness (QED) is 0.621. The van der Waals surface area contributed by atoms with Crippen LogP contribution in [0.5, 0.6) is 0 Å². The van der Waals surface area contributed by atoms with Crippen LogP contribution in [-0.2, 0) is 0 Å². The first-order valence-corrected chi connectivity index (χ1v) is 5.75. The molecule has 0 spiro atoms. The standard InChI is InChI=1S/C14H20/c1-10-5-4-6-13(9-10)14-8-7-11(2)12(14)3/h4-6,9,11-12,14H,7-8H2,1-3H3. The summed E-state index contributed by atoms with van der Waals surface area (Å²) in [6.07, 6.45) is 2.78. The summed E-state index contributed by atoms with van der Waals surface area (Å²) in [4.78, 5) is 0. The van der Waals surface area contributed by atoms with Gasteiger partial charge in [-0.3, -0.25) is 0 Å². The van der Waals surface area contributed by atoms with Crippen LogP contribution in [0.3, 0.4) is 0 Å². The summed E-state index contributed by atoms with van der Waals surface area (Å²) in [6, 6.07) is 9.04. The number of hydrogen-bond acceptors (Lipinski definition) is 0. The lowest BCUT2D eigenvalue weighted by atomic mass is 9.86. The molecular weight excluding hydrogens is 168 g/mol. The SMILES string of the molecule is Cc1cccc(C2CCC(C)C2C)c1. The fourth-order valence-corrected chi connectivity index (χ4v) is 2.74. The van der Waals surface area contributed by atoms with Crippen molar-refractivity contribution in [2.75, 3.05) is 0 Å². The second kappa shape index (κ2) is 3.76. The van der Waals surface area contributed by atoms with Crippen molar-refractivity contribution < 1.29 is 0 Å². The van der Waals surface area contributed by atoms with Gasteiger partial charge in [0.2, 0.25) is 0 Å². The van der Waals surface area contributed by atoms with E-state index in [0.29, 0.717) is 0 Å². The molecule has 3 unspecified atom stereocenters. The Morgan fingerprint density at radius 1 is 1.14 bits per heavy atom. The summed E-state index contributed by atoms with van der Waals surface area (Å²) < 4.78 is 0. The van der Waals surface area contributed by atoms with Gasteiger partial charge in [0.15, 0.2) is 0 Å². The molecular formula is C14H20. The van der Waals surface area contributed by atoms with Crippen molar-refractivity contribution >= 4 is 0 Å². The van der Waals surface area contributed by atoms with Crippen molar-refractivity contribution in [3.05, 3.63) is 35.4 Å². The maximum Gasteiger partial charge on any atom is -0.0134 e. The molecule has 0 heterocycles. The normalized spacial score (nSPS) is 32.1. The summed E-state index contributed by atoms with van der Waals surface area (Å²) in [5.41, 5.74) is 2.95. The van der Waals surface area contributed by atoms with Gasteiger partial charge in [0.05, 0.1) is 0 Å². The van der Waals surface area contributed by atoms with E-state index in [-0.39, 0.29) is 0 Å². The van der Waals surface area contributed by atoms with Gasteiger partial charge in [0.1, 0.15) is 0 Å². The number of rotatable bonds is 1. The molecule has 14 heavy (non-hydrogen) atoms. The van der Waals surface area contributed by atoms with Crippen LogP contribution in [0.4, 0.5) is 0 Å². The zero-order valence-electron chi connectivity index (χ0n) is 9.46. The Kier molecular flexibility index (Phi) is 2.62. The van der Waals surface area contributed by atoms with Crippen molar-refractivity contribution in [2.24, 2.45) is 11.8 Å². The maximum atomic E-state index is 2.41. The third-order valence-electron chi connectivity index (χ3n) is 3.94. The summed E-state index contributed by atoms with van der Waals surface area (Å²) in [5, 5.41) is 0. The molecule has 1 saturated carbocycles. The van der Waals surface area contributed by atoms with Crippen molar-refractivity contribution in [1.82, 2.24) is 0 Å². The van der Waals surface area contributed by atoms with Gasteiger partial charge >= 0.3 is 0 Å². The van der Waals surface area contributed by atoms with Gasteiger partial charge in [-0.2, -0.15) is 0 Å².